The Labute approximate surface area is 199 Å². The van der Waals surface area contributed by atoms with Crippen molar-refractivity contribution in [3.63, 3.8) is 0 Å². The molecule has 0 radical (unpaired) electrons. The zero-order valence-electron chi connectivity index (χ0n) is 19.3. The van der Waals surface area contributed by atoms with Gasteiger partial charge in [-0.25, -0.2) is 4.79 Å². The number of carbonyl (C=O) groups is 3. The van der Waals surface area contributed by atoms with Gasteiger partial charge in [-0.15, -0.1) is 0 Å². The topological polar surface area (TPSA) is 105 Å². The lowest BCUT2D eigenvalue weighted by Gasteiger charge is -2.35. The molecule has 0 aliphatic heterocycles. The van der Waals surface area contributed by atoms with Gasteiger partial charge in [0.25, 0.3) is 0 Å². The van der Waals surface area contributed by atoms with Crippen molar-refractivity contribution in [1.29, 1.82) is 0 Å². The highest BCUT2D eigenvalue weighted by atomic mass is 16.5. The van der Waals surface area contributed by atoms with Crippen LogP contribution in [-0.2, 0) is 14.3 Å². The van der Waals surface area contributed by atoms with Crippen molar-refractivity contribution in [2.45, 2.75) is 50.9 Å². The normalized spacial score (nSPS) is 16.2. The molecule has 0 atom stereocenters. The third kappa shape index (κ3) is 5.24. The van der Waals surface area contributed by atoms with E-state index in [-0.39, 0.29) is 31.4 Å². The third-order valence-electron chi connectivity index (χ3n) is 7.06. The van der Waals surface area contributed by atoms with Crippen LogP contribution in [-0.4, -0.2) is 42.8 Å². The van der Waals surface area contributed by atoms with Gasteiger partial charge in [-0.1, -0.05) is 67.8 Å². The van der Waals surface area contributed by atoms with Gasteiger partial charge in [0.05, 0.1) is 5.41 Å². The van der Waals surface area contributed by atoms with E-state index >= 15 is 0 Å². The average molecular weight is 465 g/mol. The summed E-state index contributed by atoms with van der Waals surface area (Å²) >= 11 is 0. The Morgan fingerprint density at radius 3 is 2.15 bits per heavy atom. The van der Waals surface area contributed by atoms with Crippen LogP contribution < -0.4 is 10.6 Å². The third-order valence-corrected chi connectivity index (χ3v) is 7.06. The molecule has 2 amide bonds. The van der Waals surface area contributed by atoms with Crippen molar-refractivity contribution in [2.75, 3.05) is 19.7 Å². The molecule has 2 aromatic rings. The van der Waals surface area contributed by atoms with Gasteiger partial charge >= 0.3 is 12.1 Å². The first kappa shape index (κ1) is 23.8. The van der Waals surface area contributed by atoms with Crippen LogP contribution in [0.15, 0.2) is 48.5 Å². The summed E-state index contributed by atoms with van der Waals surface area (Å²) in [5.74, 6) is -1.01. The van der Waals surface area contributed by atoms with Crippen LogP contribution in [0.2, 0.25) is 0 Å². The molecule has 3 N–H and O–H groups in total. The van der Waals surface area contributed by atoms with Gasteiger partial charge in [0.15, 0.2) is 0 Å². The first-order valence-electron chi connectivity index (χ1n) is 12.1. The number of alkyl carbamates (subject to hydrolysis) is 1. The van der Waals surface area contributed by atoms with E-state index in [1.165, 1.54) is 11.1 Å². The second-order valence-corrected chi connectivity index (χ2v) is 9.27. The fourth-order valence-corrected chi connectivity index (χ4v) is 5.23. The Hall–Kier alpha value is -3.35. The number of carboxylic acid groups (broad SMARTS) is 1. The summed E-state index contributed by atoms with van der Waals surface area (Å²) in [5.41, 5.74) is 3.98. The molecule has 0 bridgehead atoms. The van der Waals surface area contributed by atoms with E-state index in [1.54, 1.807) is 0 Å². The fraction of sp³-hybridized carbons (Fsp3) is 0.444. The molecule has 2 aromatic carbocycles. The molecule has 0 heterocycles. The van der Waals surface area contributed by atoms with E-state index in [4.69, 9.17) is 9.84 Å². The minimum absolute atomic E-state index is 0.0145. The van der Waals surface area contributed by atoms with Gasteiger partial charge in [0, 0.05) is 25.4 Å². The fourth-order valence-electron chi connectivity index (χ4n) is 5.23. The van der Waals surface area contributed by atoms with Gasteiger partial charge in [-0.2, -0.15) is 0 Å². The molecule has 7 heteroatoms. The van der Waals surface area contributed by atoms with Gasteiger partial charge in [0.2, 0.25) is 5.91 Å². The van der Waals surface area contributed by atoms with Crippen molar-refractivity contribution in [2.24, 2.45) is 5.41 Å². The molecule has 1 fully saturated rings. The molecule has 34 heavy (non-hydrogen) atoms. The maximum atomic E-state index is 13.0. The Morgan fingerprint density at radius 1 is 0.912 bits per heavy atom. The second-order valence-electron chi connectivity index (χ2n) is 9.27. The summed E-state index contributed by atoms with van der Waals surface area (Å²) in [6.07, 6.45) is 4.19. The lowest BCUT2D eigenvalue weighted by molar-refractivity contribution is -0.137. The smallest absolute Gasteiger partial charge is 0.407 e. The highest BCUT2D eigenvalue weighted by Gasteiger charge is 2.40. The molecule has 0 aromatic heterocycles. The molecule has 4 rings (SSSR count). The van der Waals surface area contributed by atoms with E-state index in [9.17, 15) is 14.4 Å². The number of hydrogen-bond donors (Lipinski definition) is 3. The van der Waals surface area contributed by atoms with Gasteiger partial charge in [-0.3, -0.25) is 9.59 Å². The molecular weight excluding hydrogens is 432 g/mol. The zero-order chi connectivity index (χ0) is 24.0. The van der Waals surface area contributed by atoms with Crippen LogP contribution in [0.25, 0.3) is 11.1 Å². The number of benzene rings is 2. The highest BCUT2D eigenvalue weighted by molar-refractivity contribution is 5.84. The van der Waals surface area contributed by atoms with E-state index < -0.39 is 17.5 Å². The van der Waals surface area contributed by atoms with Crippen molar-refractivity contribution < 1.29 is 24.2 Å². The number of fused-ring (bicyclic) bond motifs is 3. The highest BCUT2D eigenvalue weighted by Crippen LogP contribution is 2.44. The minimum atomic E-state index is -0.876. The number of ether oxygens (including phenoxy) is 1. The number of amides is 2. The predicted octanol–water partition coefficient (Wildman–Crippen LogP) is 4.46. The number of hydrogen-bond acceptors (Lipinski definition) is 4. The molecule has 180 valence electrons. The molecule has 0 spiro atoms. The van der Waals surface area contributed by atoms with Crippen molar-refractivity contribution in [1.82, 2.24) is 10.6 Å². The van der Waals surface area contributed by atoms with Crippen LogP contribution in [0.5, 0.6) is 0 Å². The number of rotatable bonds is 9. The van der Waals surface area contributed by atoms with Crippen molar-refractivity contribution in [3.8, 4) is 11.1 Å². The number of aliphatic carboxylic acids is 1. The Balaban J connectivity index is 1.34. The summed E-state index contributed by atoms with van der Waals surface area (Å²) in [4.78, 5) is 36.3. The average Bonchev–Trinajstić information content (AvgIpc) is 3.18. The first-order valence-corrected chi connectivity index (χ1v) is 12.1. The lowest BCUT2D eigenvalue weighted by atomic mass is 9.73. The molecule has 2 aliphatic rings. The summed E-state index contributed by atoms with van der Waals surface area (Å²) < 4.78 is 5.63. The van der Waals surface area contributed by atoms with Crippen LogP contribution >= 0.6 is 0 Å². The first-order chi connectivity index (χ1) is 16.5. The lowest BCUT2D eigenvalue weighted by Crippen LogP contribution is -2.50. The molecule has 7 nitrogen and oxygen atoms in total. The van der Waals surface area contributed by atoms with E-state index in [0.29, 0.717) is 25.8 Å². The van der Waals surface area contributed by atoms with Gasteiger partial charge in [-0.05, 0) is 41.5 Å². The van der Waals surface area contributed by atoms with Crippen LogP contribution in [0.1, 0.15) is 62.0 Å². The number of carbonyl (C=O) groups excluding carboxylic acids is 2. The van der Waals surface area contributed by atoms with Crippen LogP contribution in [0.3, 0.4) is 0 Å². The van der Waals surface area contributed by atoms with E-state index in [0.717, 1.165) is 30.4 Å². The van der Waals surface area contributed by atoms with Gasteiger partial charge < -0.3 is 20.5 Å². The summed E-state index contributed by atoms with van der Waals surface area (Å²) in [6.45, 7) is 0.764. The van der Waals surface area contributed by atoms with Crippen LogP contribution in [0.4, 0.5) is 4.79 Å². The standard InChI is InChI=1S/C27H32N2O5/c30-24(31)13-8-16-28-25(32)27(14-6-1-7-15-27)18-29-26(33)34-17-23-21-11-4-2-9-19(21)20-10-3-5-12-22(20)23/h2-5,9-12,23H,1,6-8,13-18H2,(H,28,32)(H,29,33)(H,30,31). The summed E-state index contributed by atoms with van der Waals surface area (Å²) in [6, 6.07) is 16.4. The largest absolute Gasteiger partial charge is 0.481 e. The number of nitrogens with one attached hydrogen (secondary N) is 2. The molecule has 1 saturated carbocycles. The predicted molar refractivity (Wildman–Crippen MR) is 128 cm³/mol. The molecule has 0 saturated heterocycles. The van der Waals surface area contributed by atoms with Gasteiger partial charge in [0.1, 0.15) is 6.61 Å². The summed E-state index contributed by atoms with van der Waals surface area (Å²) in [7, 11) is 0. The molecule has 2 aliphatic carbocycles. The maximum Gasteiger partial charge on any atom is 0.407 e. The zero-order valence-corrected chi connectivity index (χ0v) is 19.3. The number of carboxylic acids is 1. The maximum absolute atomic E-state index is 13.0. The van der Waals surface area contributed by atoms with Crippen molar-refractivity contribution in [3.05, 3.63) is 59.7 Å². The summed E-state index contributed by atoms with van der Waals surface area (Å²) in [5, 5.41) is 14.5. The van der Waals surface area contributed by atoms with Crippen LogP contribution in [0, 0.1) is 5.41 Å². The molecule has 0 unspecified atom stereocenters. The molecular formula is C27H32N2O5. The monoisotopic (exact) mass is 464 g/mol. The SMILES string of the molecule is O=C(O)CCCNC(=O)C1(CNC(=O)OCC2c3ccccc3-c3ccccc32)CCCCC1. The van der Waals surface area contributed by atoms with E-state index in [1.807, 2.05) is 24.3 Å². The Bertz CT molecular complexity index is 999. The Morgan fingerprint density at radius 2 is 1.53 bits per heavy atom. The second kappa shape index (κ2) is 10.7. The Kier molecular flexibility index (Phi) is 7.50. The van der Waals surface area contributed by atoms with E-state index in [2.05, 4.69) is 34.9 Å². The van der Waals surface area contributed by atoms with Crippen molar-refractivity contribution >= 4 is 18.0 Å². The minimum Gasteiger partial charge on any atom is -0.481 e. The quantitative estimate of drug-likeness (QED) is 0.476.